The highest BCUT2D eigenvalue weighted by Gasteiger charge is 2.27. The van der Waals surface area contributed by atoms with E-state index < -0.39 is 25.2 Å². The molecular weight excluding hydrogens is 285 g/mol. The lowest BCUT2D eigenvalue weighted by Crippen LogP contribution is -2.36. The van der Waals surface area contributed by atoms with Gasteiger partial charge in [-0.3, -0.25) is 4.79 Å². The van der Waals surface area contributed by atoms with E-state index in [0.29, 0.717) is 5.75 Å². The van der Waals surface area contributed by atoms with Gasteiger partial charge < -0.3 is 15.4 Å². The van der Waals surface area contributed by atoms with Crippen molar-refractivity contribution in [2.24, 2.45) is 0 Å². The lowest BCUT2D eigenvalue weighted by Gasteiger charge is -2.13. The molecule has 0 heterocycles. The first-order valence-corrected chi connectivity index (χ1v) is 6.61. The van der Waals surface area contributed by atoms with Gasteiger partial charge in [0.2, 0.25) is 0 Å². The van der Waals surface area contributed by atoms with Crippen LogP contribution in [0.2, 0.25) is 0 Å². The van der Waals surface area contributed by atoms with Crippen molar-refractivity contribution in [3.8, 4) is 5.75 Å². The number of carbonyl (C=O) groups is 1. The molecule has 21 heavy (non-hydrogen) atoms. The Kier molecular flexibility index (Phi) is 6.48. The second kappa shape index (κ2) is 7.87. The van der Waals surface area contributed by atoms with Crippen molar-refractivity contribution in [1.82, 2.24) is 10.6 Å². The third-order valence-electron chi connectivity index (χ3n) is 2.75. The zero-order chi connectivity index (χ0) is 15.9. The molecule has 1 unspecified atom stereocenters. The lowest BCUT2D eigenvalue weighted by atomic mass is 10.1. The van der Waals surface area contributed by atoms with Gasteiger partial charge in [-0.05, 0) is 31.2 Å². The maximum absolute atomic E-state index is 11.9. The maximum atomic E-state index is 11.9. The molecule has 0 saturated heterocycles. The molecule has 0 aliphatic carbocycles. The Bertz CT molecular complexity index is 447. The molecule has 118 valence electrons. The number of rotatable bonds is 7. The van der Waals surface area contributed by atoms with E-state index in [9.17, 15) is 18.0 Å². The van der Waals surface area contributed by atoms with E-state index >= 15 is 0 Å². The average molecular weight is 304 g/mol. The van der Waals surface area contributed by atoms with Crippen LogP contribution in [0.5, 0.6) is 5.75 Å². The Morgan fingerprint density at radius 2 is 1.90 bits per heavy atom. The summed E-state index contributed by atoms with van der Waals surface area (Å²) in [6.07, 6.45) is -4.42. The molecule has 0 aromatic heterocycles. The Balaban J connectivity index is 2.40. The summed E-state index contributed by atoms with van der Waals surface area (Å²) in [7, 11) is 0. The average Bonchev–Trinajstić information content (AvgIpc) is 2.43. The number of carbonyl (C=O) groups excluding carboxylic acids is 1. The summed E-state index contributed by atoms with van der Waals surface area (Å²) in [6.45, 7) is 3.07. The minimum atomic E-state index is -4.42. The zero-order valence-electron chi connectivity index (χ0n) is 12.0. The first kappa shape index (κ1) is 17.3. The van der Waals surface area contributed by atoms with Crippen molar-refractivity contribution in [2.75, 3.05) is 19.7 Å². The molecule has 0 aliphatic heterocycles. The number of alkyl halides is 3. The van der Waals surface area contributed by atoms with Crippen LogP contribution in [0.25, 0.3) is 0 Å². The molecule has 1 amide bonds. The second-order valence-corrected chi connectivity index (χ2v) is 4.53. The molecule has 1 rings (SSSR count). The molecule has 0 radical (unpaired) electrons. The van der Waals surface area contributed by atoms with Crippen LogP contribution in [-0.2, 0) is 4.79 Å². The van der Waals surface area contributed by atoms with Gasteiger partial charge in [0.05, 0.1) is 0 Å². The second-order valence-electron chi connectivity index (χ2n) is 4.53. The Morgan fingerprint density at radius 3 is 2.43 bits per heavy atom. The van der Waals surface area contributed by atoms with Gasteiger partial charge >= 0.3 is 6.18 Å². The van der Waals surface area contributed by atoms with Crippen molar-refractivity contribution < 1.29 is 22.7 Å². The van der Waals surface area contributed by atoms with Crippen LogP contribution in [0.4, 0.5) is 13.2 Å². The summed E-state index contributed by atoms with van der Waals surface area (Å²) in [5, 5.41) is 4.99. The van der Waals surface area contributed by atoms with Crippen LogP contribution in [-0.4, -0.2) is 31.8 Å². The number of hydrogen-bond donors (Lipinski definition) is 2. The van der Waals surface area contributed by atoms with Crippen molar-refractivity contribution in [2.45, 2.75) is 26.1 Å². The van der Waals surface area contributed by atoms with Crippen LogP contribution >= 0.6 is 0 Å². The van der Waals surface area contributed by atoms with Gasteiger partial charge in [-0.15, -0.1) is 0 Å². The van der Waals surface area contributed by atoms with Crippen molar-refractivity contribution in [3.63, 3.8) is 0 Å². The van der Waals surface area contributed by atoms with Crippen molar-refractivity contribution in [3.05, 3.63) is 29.8 Å². The number of amides is 1. The SMILES string of the molecule is CCNC(C)c1ccc(OCC(=O)NCC(F)(F)F)cc1. The van der Waals surface area contributed by atoms with E-state index in [4.69, 9.17) is 4.74 Å². The summed E-state index contributed by atoms with van der Waals surface area (Å²) in [5.74, 6) is -0.373. The normalized spacial score (nSPS) is 12.8. The Morgan fingerprint density at radius 1 is 1.29 bits per heavy atom. The fourth-order valence-electron chi connectivity index (χ4n) is 1.68. The standard InChI is InChI=1S/C14H19F3N2O2/c1-3-18-10(2)11-4-6-12(7-5-11)21-8-13(20)19-9-14(15,16)17/h4-7,10,18H,3,8-9H2,1-2H3,(H,19,20). The highest BCUT2D eigenvalue weighted by atomic mass is 19.4. The largest absolute Gasteiger partial charge is 0.484 e. The summed E-state index contributed by atoms with van der Waals surface area (Å²) in [4.78, 5) is 11.2. The van der Waals surface area contributed by atoms with Crippen molar-refractivity contribution in [1.29, 1.82) is 0 Å². The molecule has 1 atom stereocenters. The smallest absolute Gasteiger partial charge is 0.405 e. The number of benzene rings is 1. The lowest BCUT2D eigenvalue weighted by molar-refractivity contribution is -0.139. The summed E-state index contributed by atoms with van der Waals surface area (Å²) >= 11 is 0. The van der Waals surface area contributed by atoms with Crippen LogP contribution in [0.1, 0.15) is 25.5 Å². The van der Waals surface area contributed by atoms with Crippen LogP contribution in [0.15, 0.2) is 24.3 Å². The van der Waals surface area contributed by atoms with Gasteiger partial charge in [0.15, 0.2) is 6.61 Å². The molecule has 0 bridgehead atoms. The van der Waals surface area contributed by atoms with Crippen LogP contribution < -0.4 is 15.4 Å². The molecule has 0 fully saturated rings. The molecule has 7 heteroatoms. The zero-order valence-corrected chi connectivity index (χ0v) is 12.0. The molecule has 0 saturated carbocycles. The highest BCUT2D eigenvalue weighted by Crippen LogP contribution is 2.17. The van der Waals surface area contributed by atoms with Gasteiger partial charge in [-0.2, -0.15) is 13.2 Å². The van der Waals surface area contributed by atoms with Crippen molar-refractivity contribution >= 4 is 5.91 Å². The van der Waals surface area contributed by atoms with E-state index in [1.165, 1.54) is 0 Å². The quantitative estimate of drug-likeness (QED) is 0.813. The summed E-state index contributed by atoms with van der Waals surface area (Å²) in [6, 6.07) is 7.24. The Labute approximate surface area is 121 Å². The van der Waals surface area contributed by atoms with E-state index in [0.717, 1.165) is 12.1 Å². The monoisotopic (exact) mass is 304 g/mol. The molecule has 2 N–H and O–H groups in total. The third kappa shape index (κ3) is 6.99. The molecule has 4 nitrogen and oxygen atoms in total. The van der Waals surface area contributed by atoms with E-state index in [-0.39, 0.29) is 6.04 Å². The summed E-state index contributed by atoms with van der Waals surface area (Å²) < 4.78 is 40.8. The number of halogens is 3. The molecule has 1 aromatic carbocycles. The number of nitrogens with one attached hydrogen (secondary N) is 2. The molecule has 0 aliphatic rings. The highest BCUT2D eigenvalue weighted by molar-refractivity contribution is 5.77. The molecule has 0 spiro atoms. The Hall–Kier alpha value is -1.76. The third-order valence-corrected chi connectivity index (χ3v) is 2.75. The van der Waals surface area contributed by atoms with Gasteiger partial charge in [-0.25, -0.2) is 0 Å². The summed E-state index contributed by atoms with van der Waals surface area (Å²) in [5.41, 5.74) is 1.06. The maximum Gasteiger partial charge on any atom is 0.405 e. The van der Waals surface area contributed by atoms with E-state index in [2.05, 4.69) is 5.32 Å². The fraction of sp³-hybridized carbons (Fsp3) is 0.500. The molecular formula is C14H19F3N2O2. The fourth-order valence-corrected chi connectivity index (χ4v) is 1.68. The first-order valence-electron chi connectivity index (χ1n) is 6.61. The van der Waals surface area contributed by atoms with Gasteiger partial charge in [0, 0.05) is 6.04 Å². The topological polar surface area (TPSA) is 50.4 Å². The van der Waals surface area contributed by atoms with Crippen LogP contribution in [0, 0.1) is 0 Å². The number of ether oxygens (including phenoxy) is 1. The minimum absolute atomic E-state index is 0.194. The minimum Gasteiger partial charge on any atom is -0.484 e. The predicted octanol–water partition coefficient (Wildman–Crippen LogP) is 2.41. The van der Waals surface area contributed by atoms with Gasteiger partial charge in [0.1, 0.15) is 12.3 Å². The van der Waals surface area contributed by atoms with Gasteiger partial charge in [0.25, 0.3) is 5.91 Å². The predicted molar refractivity (Wildman–Crippen MR) is 73.1 cm³/mol. The van der Waals surface area contributed by atoms with E-state index in [1.807, 2.05) is 26.0 Å². The molecule has 1 aromatic rings. The first-order chi connectivity index (χ1) is 9.81. The van der Waals surface area contributed by atoms with E-state index in [1.54, 1.807) is 17.4 Å². The van der Waals surface area contributed by atoms with Crippen LogP contribution in [0.3, 0.4) is 0 Å². The number of hydrogen-bond acceptors (Lipinski definition) is 3. The van der Waals surface area contributed by atoms with Gasteiger partial charge in [-0.1, -0.05) is 19.1 Å².